The normalized spacial score (nSPS) is 11.1. The third-order valence-corrected chi connectivity index (χ3v) is 5.34. The molecular formula is C27H38FNO. The van der Waals surface area contributed by atoms with E-state index in [1.54, 1.807) is 0 Å². The maximum Gasteiger partial charge on any atom is 0.119 e. The van der Waals surface area contributed by atoms with Crippen LogP contribution in [0.5, 0.6) is 5.75 Å². The van der Waals surface area contributed by atoms with E-state index in [4.69, 9.17) is 4.74 Å². The molecule has 0 atom stereocenters. The quantitative estimate of drug-likeness (QED) is 0.222. The molecule has 0 radical (unpaired) electrons. The van der Waals surface area contributed by atoms with Gasteiger partial charge < -0.3 is 10.1 Å². The van der Waals surface area contributed by atoms with E-state index in [-0.39, 0.29) is 6.67 Å². The summed E-state index contributed by atoms with van der Waals surface area (Å²) in [6, 6.07) is 16.7. The topological polar surface area (TPSA) is 21.3 Å². The van der Waals surface area contributed by atoms with Crippen LogP contribution in [-0.2, 0) is 0 Å². The fourth-order valence-corrected chi connectivity index (χ4v) is 3.43. The van der Waals surface area contributed by atoms with Gasteiger partial charge in [-0.25, -0.2) is 0 Å². The summed E-state index contributed by atoms with van der Waals surface area (Å²) in [7, 11) is 1.93. The number of nitrogens with one attached hydrogen (secondary N) is 1. The van der Waals surface area contributed by atoms with Crippen LogP contribution < -0.4 is 10.1 Å². The van der Waals surface area contributed by atoms with E-state index in [0.29, 0.717) is 0 Å². The molecule has 0 saturated heterocycles. The second-order valence-corrected chi connectivity index (χ2v) is 7.85. The van der Waals surface area contributed by atoms with Crippen molar-refractivity contribution in [3.8, 4) is 5.75 Å². The Morgan fingerprint density at radius 1 is 0.667 bits per heavy atom. The van der Waals surface area contributed by atoms with Crippen molar-refractivity contribution in [2.45, 2.75) is 64.2 Å². The van der Waals surface area contributed by atoms with Gasteiger partial charge in [0.15, 0.2) is 0 Å². The first-order chi connectivity index (χ1) is 14.8. The Hall–Kier alpha value is -2.29. The molecule has 0 bridgehead atoms. The highest BCUT2D eigenvalue weighted by atomic mass is 19.1. The third-order valence-electron chi connectivity index (χ3n) is 5.34. The highest BCUT2D eigenvalue weighted by Gasteiger charge is 1.96. The van der Waals surface area contributed by atoms with Crippen molar-refractivity contribution in [2.75, 3.05) is 25.6 Å². The van der Waals surface area contributed by atoms with E-state index in [0.717, 1.165) is 37.3 Å². The predicted molar refractivity (Wildman–Crippen MR) is 129 cm³/mol. The highest BCUT2D eigenvalue weighted by molar-refractivity contribution is 5.70. The summed E-state index contributed by atoms with van der Waals surface area (Å²) in [6.45, 7) is 0.631. The smallest absolute Gasteiger partial charge is 0.119 e. The molecule has 0 aliphatic rings. The molecule has 2 aromatic carbocycles. The number of rotatable bonds is 16. The number of hydrogen-bond acceptors (Lipinski definition) is 2. The number of ether oxygens (including phenoxy) is 1. The minimum absolute atomic E-state index is 0.157. The average Bonchev–Trinajstić information content (AvgIpc) is 2.79. The number of halogens is 1. The van der Waals surface area contributed by atoms with Crippen molar-refractivity contribution in [1.82, 2.24) is 0 Å². The van der Waals surface area contributed by atoms with Gasteiger partial charge in [0, 0.05) is 12.7 Å². The van der Waals surface area contributed by atoms with Gasteiger partial charge >= 0.3 is 0 Å². The molecule has 1 N–H and O–H groups in total. The molecule has 0 aliphatic carbocycles. The molecule has 30 heavy (non-hydrogen) atoms. The van der Waals surface area contributed by atoms with Crippen molar-refractivity contribution in [3.63, 3.8) is 0 Å². The highest BCUT2D eigenvalue weighted by Crippen LogP contribution is 2.17. The van der Waals surface area contributed by atoms with Crippen molar-refractivity contribution in [3.05, 3.63) is 59.7 Å². The summed E-state index contributed by atoms with van der Waals surface area (Å²) in [5, 5.41) is 3.13. The van der Waals surface area contributed by atoms with E-state index < -0.39 is 0 Å². The monoisotopic (exact) mass is 411 g/mol. The fourth-order valence-electron chi connectivity index (χ4n) is 3.43. The van der Waals surface area contributed by atoms with Gasteiger partial charge in [-0.3, -0.25) is 4.39 Å². The lowest BCUT2D eigenvalue weighted by Gasteiger charge is -2.06. The number of alkyl halides is 1. The summed E-state index contributed by atoms with van der Waals surface area (Å²) < 4.78 is 17.9. The maximum absolute atomic E-state index is 12.0. The van der Waals surface area contributed by atoms with Gasteiger partial charge in [-0.15, -0.1) is 0 Å². The van der Waals surface area contributed by atoms with Gasteiger partial charge in [-0.05, 0) is 48.2 Å². The van der Waals surface area contributed by atoms with Crippen LogP contribution in [0.25, 0.3) is 12.2 Å². The number of hydrogen-bond donors (Lipinski definition) is 1. The molecule has 0 unspecified atom stereocenters. The summed E-state index contributed by atoms with van der Waals surface area (Å²) in [4.78, 5) is 0. The van der Waals surface area contributed by atoms with Crippen LogP contribution in [0.2, 0.25) is 0 Å². The van der Waals surface area contributed by atoms with Gasteiger partial charge in [-0.2, -0.15) is 0 Å². The molecule has 3 heteroatoms. The molecule has 0 aliphatic heterocycles. The molecule has 2 nitrogen and oxygen atoms in total. The van der Waals surface area contributed by atoms with Crippen LogP contribution >= 0.6 is 0 Å². The van der Waals surface area contributed by atoms with Gasteiger partial charge in [-0.1, -0.05) is 87.8 Å². The minimum Gasteiger partial charge on any atom is -0.494 e. The lowest BCUT2D eigenvalue weighted by Crippen LogP contribution is -1.97. The lowest BCUT2D eigenvalue weighted by atomic mass is 10.1. The van der Waals surface area contributed by atoms with Crippen molar-refractivity contribution >= 4 is 17.8 Å². The van der Waals surface area contributed by atoms with E-state index in [2.05, 4.69) is 53.9 Å². The molecule has 0 spiro atoms. The molecule has 0 amide bonds. The van der Waals surface area contributed by atoms with Crippen LogP contribution in [0, 0.1) is 0 Å². The largest absolute Gasteiger partial charge is 0.494 e. The van der Waals surface area contributed by atoms with E-state index in [1.807, 2.05) is 19.2 Å². The Morgan fingerprint density at radius 2 is 1.13 bits per heavy atom. The molecular weight excluding hydrogens is 373 g/mol. The van der Waals surface area contributed by atoms with E-state index >= 15 is 0 Å². The van der Waals surface area contributed by atoms with Crippen molar-refractivity contribution in [1.29, 1.82) is 0 Å². The molecule has 0 heterocycles. The van der Waals surface area contributed by atoms with Crippen LogP contribution in [0.3, 0.4) is 0 Å². The Morgan fingerprint density at radius 3 is 1.63 bits per heavy atom. The first-order valence-electron chi connectivity index (χ1n) is 11.6. The zero-order valence-corrected chi connectivity index (χ0v) is 18.5. The van der Waals surface area contributed by atoms with Crippen LogP contribution in [0.15, 0.2) is 48.5 Å². The lowest BCUT2D eigenvalue weighted by molar-refractivity contribution is 0.304. The van der Waals surface area contributed by atoms with E-state index in [1.165, 1.54) is 56.1 Å². The van der Waals surface area contributed by atoms with Gasteiger partial charge in [0.2, 0.25) is 0 Å². The average molecular weight is 412 g/mol. The molecule has 0 aromatic heterocycles. The summed E-state index contributed by atoms with van der Waals surface area (Å²) >= 11 is 0. The second kappa shape index (κ2) is 15.5. The van der Waals surface area contributed by atoms with Crippen LogP contribution in [0.1, 0.15) is 75.3 Å². The molecule has 0 fully saturated rings. The minimum atomic E-state index is -0.157. The Balaban J connectivity index is 1.53. The Labute approximate surface area is 182 Å². The zero-order valence-electron chi connectivity index (χ0n) is 18.5. The molecule has 164 valence electrons. The van der Waals surface area contributed by atoms with Crippen LogP contribution in [-0.4, -0.2) is 20.3 Å². The fraction of sp³-hybridized carbons (Fsp3) is 0.481. The first-order valence-corrected chi connectivity index (χ1v) is 11.6. The summed E-state index contributed by atoms with van der Waals surface area (Å²) in [5.41, 5.74) is 3.48. The third kappa shape index (κ3) is 10.5. The Bertz CT molecular complexity index is 694. The molecule has 0 saturated carbocycles. The number of benzene rings is 2. The van der Waals surface area contributed by atoms with Gasteiger partial charge in [0.05, 0.1) is 13.3 Å². The summed E-state index contributed by atoms with van der Waals surface area (Å²) in [5.74, 6) is 0.943. The van der Waals surface area contributed by atoms with Gasteiger partial charge in [0.1, 0.15) is 5.75 Å². The van der Waals surface area contributed by atoms with Crippen LogP contribution in [0.4, 0.5) is 10.1 Å². The molecule has 2 rings (SSSR count). The SMILES string of the molecule is CNc1ccc(/C=C/c2ccc(OCCCCCCCCCCCCF)cc2)cc1. The summed E-state index contributed by atoms with van der Waals surface area (Å²) in [6.07, 6.45) is 16.0. The van der Waals surface area contributed by atoms with E-state index in [9.17, 15) is 4.39 Å². The van der Waals surface area contributed by atoms with Crippen molar-refractivity contribution in [2.24, 2.45) is 0 Å². The Kier molecular flexibility index (Phi) is 12.4. The van der Waals surface area contributed by atoms with Gasteiger partial charge in [0.25, 0.3) is 0 Å². The predicted octanol–water partition coefficient (Wildman–Crippen LogP) is 8.15. The number of anilines is 1. The van der Waals surface area contributed by atoms with Crippen molar-refractivity contribution < 1.29 is 9.13 Å². The first kappa shape index (κ1) is 24.0. The zero-order chi connectivity index (χ0) is 21.3. The molecule has 2 aromatic rings. The second-order valence-electron chi connectivity index (χ2n) is 7.85. The standard InChI is InChI=1S/C27H38FNO/c1-29-26-18-14-24(15-19-26)12-13-25-16-20-27(21-17-25)30-23-11-9-7-5-3-2-4-6-8-10-22-28/h12-21,29H,2-11,22-23H2,1H3/b13-12+. The maximum atomic E-state index is 12.0. The number of unbranched alkanes of at least 4 members (excludes halogenated alkanes) is 9.